The SMILES string of the molecule is CCCCCC[C@H](NC(=O)COCCOCCN)C(=O)OCc1ccccc1. The van der Waals surface area contributed by atoms with Crippen molar-refractivity contribution in [1.29, 1.82) is 0 Å². The van der Waals surface area contributed by atoms with E-state index in [0.29, 0.717) is 32.8 Å². The normalized spacial score (nSPS) is 11.8. The van der Waals surface area contributed by atoms with Crippen molar-refractivity contribution < 1.29 is 23.8 Å². The average Bonchev–Trinajstić information content (AvgIpc) is 2.71. The zero-order valence-corrected chi connectivity index (χ0v) is 16.9. The lowest BCUT2D eigenvalue weighted by Gasteiger charge is -2.18. The van der Waals surface area contributed by atoms with E-state index in [9.17, 15) is 9.59 Å². The zero-order valence-electron chi connectivity index (χ0n) is 16.9. The maximum atomic E-state index is 12.5. The molecule has 28 heavy (non-hydrogen) atoms. The highest BCUT2D eigenvalue weighted by atomic mass is 16.5. The second-order valence-corrected chi connectivity index (χ2v) is 6.52. The van der Waals surface area contributed by atoms with Gasteiger partial charge < -0.3 is 25.3 Å². The minimum absolute atomic E-state index is 0.122. The van der Waals surface area contributed by atoms with Crippen LogP contribution in [-0.4, -0.2) is 50.9 Å². The summed E-state index contributed by atoms with van der Waals surface area (Å²) in [6.07, 6.45) is 4.64. The highest BCUT2D eigenvalue weighted by Crippen LogP contribution is 2.09. The summed E-state index contributed by atoms with van der Waals surface area (Å²) >= 11 is 0. The van der Waals surface area contributed by atoms with E-state index in [1.807, 2.05) is 30.3 Å². The lowest BCUT2D eigenvalue weighted by atomic mass is 10.1. The van der Waals surface area contributed by atoms with Crippen LogP contribution in [0, 0.1) is 0 Å². The summed E-state index contributed by atoms with van der Waals surface area (Å²) in [6, 6.07) is 8.81. The summed E-state index contributed by atoms with van der Waals surface area (Å²) in [5.74, 6) is -0.754. The molecule has 0 radical (unpaired) electrons. The Labute approximate surface area is 167 Å². The number of esters is 1. The lowest BCUT2D eigenvalue weighted by molar-refractivity contribution is -0.149. The Hall–Kier alpha value is -1.96. The summed E-state index contributed by atoms with van der Waals surface area (Å²) in [7, 11) is 0. The molecular weight excluding hydrogens is 360 g/mol. The summed E-state index contributed by atoms with van der Waals surface area (Å²) < 4.78 is 15.8. The first-order valence-electron chi connectivity index (χ1n) is 10.0. The monoisotopic (exact) mass is 394 g/mol. The molecule has 3 N–H and O–H groups in total. The number of amides is 1. The molecule has 7 heteroatoms. The van der Waals surface area contributed by atoms with Gasteiger partial charge in [-0.3, -0.25) is 4.79 Å². The molecule has 0 saturated heterocycles. The van der Waals surface area contributed by atoms with E-state index >= 15 is 0 Å². The van der Waals surface area contributed by atoms with Crippen LogP contribution in [0.5, 0.6) is 0 Å². The smallest absolute Gasteiger partial charge is 0.328 e. The highest BCUT2D eigenvalue weighted by molar-refractivity contribution is 5.85. The standard InChI is InChI=1S/C21H34N2O5/c1-2-3-4-8-11-19(21(25)28-16-18-9-6-5-7-10-18)23-20(24)17-27-15-14-26-13-12-22/h5-7,9-10,19H,2-4,8,11-17,22H2,1H3,(H,23,24)/t19-/m0/s1. The number of hydrogen-bond donors (Lipinski definition) is 2. The molecule has 0 aliphatic carbocycles. The van der Waals surface area contributed by atoms with Crippen LogP contribution in [0.15, 0.2) is 30.3 Å². The Morgan fingerprint density at radius 1 is 1.04 bits per heavy atom. The van der Waals surface area contributed by atoms with Crippen LogP contribution in [0.3, 0.4) is 0 Å². The molecule has 0 fully saturated rings. The van der Waals surface area contributed by atoms with E-state index < -0.39 is 12.0 Å². The van der Waals surface area contributed by atoms with Gasteiger partial charge in [0.25, 0.3) is 0 Å². The van der Waals surface area contributed by atoms with Gasteiger partial charge in [-0.25, -0.2) is 4.79 Å². The average molecular weight is 395 g/mol. The van der Waals surface area contributed by atoms with Crippen LogP contribution in [0.1, 0.15) is 44.6 Å². The van der Waals surface area contributed by atoms with Gasteiger partial charge in [-0.1, -0.05) is 62.9 Å². The lowest BCUT2D eigenvalue weighted by Crippen LogP contribution is -2.43. The minimum Gasteiger partial charge on any atom is -0.459 e. The number of hydrogen-bond acceptors (Lipinski definition) is 6. The third-order valence-electron chi connectivity index (χ3n) is 4.06. The fourth-order valence-corrected chi connectivity index (χ4v) is 2.56. The molecule has 0 heterocycles. The van der Waals surface area contributed by atoms with E-state index in [2.05, 4.69) is 12.2 Å². The molecule has 0 aliphatic heterocycles. The van der Waals surface area contributed by atoms with Gasteiger partial charge in [-0.05, 0) is 12.0 Å². The van der Waals surface area contributed by atoms with E-state index in [1.54, 1.807) is 0 Å². The number of benzene rings is 1. The first kappa shape index (κ1) is 24.1. The molecule has 7 nitrogen and oxygen atoms in total. The number of rotatable bonds is 16. The molecule has 1 rings (SSSR count). The number of nitrogens with one attached hydrogen (secondary N) is 1. The zero-order chi connectivity index (χ0) is 20.5. The summed E-state index contributed by atoms with van der Waals surface area (Å²) in [4.78, 5) is 24.6. The van der Waals surface area contributed by atoms with Crippen molar-refractivity contribution in [2.45, 2.75) is 51.7 Å². The molecule has 1 aromatic carbocycles. The Morgan fingerprint density at radius 3 is 2.50 bits per heavy atom. The van der Waals surface area contributed by atoms with Crippen molar-refractivity contribution in [2.75, 3.05) is 33.0 Å². The van der Waals surface area contributed by atoms with Gasteiger partial charge in [0.2, 0.25) is 5.91 Å². The summed E-state index contributed by atoms with van der Waals surface area (Å²) in [5, 5.41) is 2.73. The highest BCUT2D eigenvalue weighted by Gasteiger charge is 2.22. The van der Waals surface area contributed by atoms with Gasteiger partial charge in [0.15, 0.2) is 0 Å². The Balaban J connectivity index is 2.41. The second-order valence-electron chi connectivity index (χ2n) is 6.52. The number of nitrogens with two attached hydrogens (primary N) is 1. The number of carbonyl (C=O) groups is 2. The molecule has 0 spiro atoms. The van der Waals surface area contributed by atoms with Crippen LogP contribution < -0.4 is 11.1 Å². The molecule has 0 aliphatic rings. The van der Waals surface area contributed by atoms with Crippen molar-refractivity contribution in [3.8, 4) is 0 Å². The van der Waals surface area contributed by atoms with E-state index in [0.717, 1.165) is 31.2 Å². The number of carbonyl (C=O) groups excluding carboxylic acids is 2. The van der Waals surface area contributed by atoms with E-state index in [1.165, 1.54) is 0 Å². The third-order valence-corrected chi connectivity index (χ3v) is 4.06. The third kappa shape index (κ3) is 11.7. The van der Waals surface area contributed by atoms with Crippen molar-refractivity contribution in [3.63, 3.8) is 0 Å². The van der Waals surface area contributed by atoms with E-state index in [-0.39, 0.29) is 19.1 Å². The van der Waals surface area contributed by atoms with Gasteiger partial charge in [-0.15, -0.1) is 0 Å². The van der Waals surface area contributed by atoms with Crippen LogP contribution in [0.4, 0.5) is 0 Å². The molecule has 0 aromatic heterocycles. The summed E-state index contributed by atoms with van der Waals surface area (Å²) in [5.41, 5.74) is 6.23. The Morgan fingerprint density at radius 2 is 1.79 bits per heavy atom. The molecule has 158 valence electrons. The van der Waals surface area contributed by atoms with Crippen molar-refractivity contribution in [2.24, 2.45) is 5.73 Å². The maximum Gasteiger partial charge on any atom is 0.328 e. The van der Waals surface area contributed by atoms with E-state index in [4.69, 9.17) is 19.9 Å². The molecule has 0 saturated carbocycles. The summed E-state index contributed by atoms with van der Waals surface area (Å²) in [6.45, 7) is 3.78. The van der Waals surface area contributed by atoms with Crippen LogP contribution in [0.25, 0.3) is 0 Å². The van der Waals surface area contributed by atoms with Gasteiger partial charge in [0, 0.05) is 6.54 Å². The van der Waals surface area contributed by atoms with Crippen molar-refractivity contribution >= 4 is 11.9 Å². The van der Waals surface area contributed by atoms with Crippen LogP contribution in [-0.2, 0) is 30.4 Å². The molecular formula is C21H34N2O5. The molecule has 1 atom stereocenters. The predicted octanol–water partition coefficient (Wildman–Crippen LogP) is 2.18. The first-order chi connectivity index (χ1) is 13.7. The van der Waals surface area contributed by atoms with Gasteiger partial charge >= 0.3 is 5.97 Å². The first-order valence-corrected chi connectivity index (χ1v) is 10.0. The Bertz CT molecular complexity index is 539. The van der Waals surface area contributed by atoms with Gasteiger partial charge in [0.05, 0.1) is 19.8 Å². The predicted molar refractivity (Wildman–Crippen MR) is 108 cm³/mol. The fraction of sp³-hybridized carbons (Fsp3) is 0.619. The maximum absolute atomic E-state index is 12.5. The quantitative estimate of drug-likeness (QED) is 0.329. The van der Waals surface area contributed by atoms with Crippen LogP contribution in [0.2, 0.25) is 0 Å². The number of ether oxygens (including phenoxy) is 3. The van der Waals surface area contributed by atoms with Gasteiger partial charge in [-0.2, -0.15) is 0 Å². The van der Waals surface area contributed by atoms with Crippen molar-refractivity contribution in [3.05, 3.63) is 35.9 Å². The second kappa shape index (κ2) is 16.0. The molecule has 0 unspecified atom stereocenters. The van der Waals surface area contributed by atoms with Crippen LogP contribution >= 0.6 is 0 Å². The topological polar surface area (TPSA) is 99.9 Å². The Kier molecular flexibility index (Phi) is 13.8. The molecule has 1 amide bonds. The fourth-order valence-electron chi connectivity index (χ4n) is 2.56. The van der Waals surface area contributed by atoms with Gasteiger partial charge in [0.1, 0.15) is 19.3 Å². The van der Waals surface area contributed by atoms with Crippen molar-refractivity contribution in [1.82, 2.24) is 5.32 Å². The largest absolute Gasteiger partial charge is 0.459 e. The minimum atomic E-state index is -0.662. The molecule has 0 bridgehead atoms. The number of unbranched alkanes of at least 4 members (excludes halogenated alkanes) is 3. The molecule has 1 aromatic rings.